The minimum absolute atomic E-state index is 0.512. The number of rotatable bonds is 6. The van der Waals surface area contributed by atoms with Crippen LogP contribution in [0.3, 0.4) is 0 Å². The van der Waals surface area contributed by atoms with Gasteiger partial charge in [0.1, 0.15) is 12.4 Å². The summed E-state index contributed by atoms with van der Waals surface area (Å²) in [6.07, 6.45) is 1.11. The van der Waals surface area contributed by atoms with Gasteiger partial charge in [0.05, 0.1) is 5.02 Å². The third kappa shape index (κ3) is 4.60. The molecule has 1 aromatic rings. The van der Waals surface area contributed by atoms with Gasteiger partial charge in [0.2, 0.25) is 0 Å². The van der Waals surface area contributed by atoms with Gasteiger partial charge in [-0.25, -0.2) is 0 Å². The van der Waals surface area contributed by atoms with Crippen LogP contribution in [0, 0.1) is 0 Å². The molecular weight excluding hydrogens is 245 g/mol. The average molecular weight is 262 g/mol. The lowest BCUT2D eigenvalue weighted by atomic mass is 10.3. The summed E-state index contributed by atoms with van der Waals surface area (Å²) in [7, 11) is 0. The third-order valence-electron chi connectivity index (χ3n) is 2.36. The van der Waals surface area contributed by atoms with Gasteiger partial charge in [-0.05, 0) is 25.5 Å². The number of benzene rings is 1. The van der Waals surface area contributed by atoms with Gasteiger partial charge in [-0.2, -0.15) is 0 Å². The van der Waals surface area contributed by atoms with E-state index in [4.69, 9.17) is 27.9 Å². The van der Waals surface area contributed by atoms with E-state index >= 15 is 0 Å². The molecule has 90 valence electrons. The molecular formula is C12H17Cl2NO. The van der Waals surface area contributed by atoms with E-state index < -0.39 is 0 Å². The summed E-state index contributed by atoms with van der Waals surface area (Å²) in [4.78, 5) is 0. The van der Waals surface area contributed by atoms with E-state index in [0.29, 0.717) is 28.4 Å². The Hall–Kier alpha value is -0.440. The molecule has 1 rings (SSSR count). The van der Waals surface area contributed by atoms with Gasteiger partial charge in [-0.3, -0.25) is 0 Å². The molecule has 0 bridgehead atoms. The van der Waals surface area contributed by atoms with Crippen LogP contribution in [-0.4, -0.2) is 19.2 Å². The summed E-state index contributed by atoms with van der Waals surface area (Å²) in [5, 5.41) is 4.56. The fraction of sp³-hybridized carbons (Fsp3) is 0.500. The van der Waals surface area contributed by atoms with Gasteiger partial charge >= 0.3 is 0 Å². The van der Waals surface area contributed by atoms with Crippen molar-refractivity contribution in [1.29, 1.82) is 0 Å². The van der Waals surface area contributed by atoms with Gasteiger partial charge in [-0.1, -0.05) is 30.1 Å². The van der Waals surface area contributed by atoms with Crippen molar-refractivity contribution < 1.29 is 4.74 Å². The van der Waals surface area contributed by atoms with E-state index in [1.165, 1.54) is 0 Å². The van der Waals surface area contributed by atoms with Gasteiger partial charge in [-0.15, -0.1) is 0 Å². The Labute approximate surface area is 107 Å². The van der Waals surface area contributed by atoms with Crippen molar-refractivity contribution in [2.45, 2.75) is 26.3 Å². The summed E-state index contributed by atoms with van der Waals surface area (Å²) >= 11 is 11.8. The summed E-state index contributed by atoms with van der Waals surface area (Å²) in [5.41, 5.74) is 0. The van der Waals surface area contributed by atoms with Crippen molar-refractivity contribution in [1.82, 2.24) is 5.32 Å². The van der Waals surface area contributed by atoms with Crippen molar-refractivity contribution in [3.63, 3.8) is 0 Å². The van der Waals surface area contributed by atoms with Gasteiger partial charge in [0.25, 0.3) is 0 Å². The first-order chi connectivity index (χ1) is 7.63. The topological polar surface area (TPSA) is 21.3 Å². The van der Waals surface area contributed by atoms with E-state index in [1.807, 2.05) is 0 Å². The zero-order chi connectivity index (χ0) is 12.0. The molecule has 0 heterocycles. The second-order valence-electron chi connectivity index (χ2n) is 3.69. The predicted octanol–water partition coefficient (Wildman–Crippen LogP) is 3.76. The number of nitrogens with one attached hydrogen (secondary N) is 1. The lowest BCUT2D eigenvalue weighted by Gasteiger charge is -2.12. The van der Waals surface area contributed by atoms with E-state index in [2.05, 4.69) is 19.2 Å². The van der Waals surface area contributed by atoms with Crippen LogP contribution in [0.15, 0.2) is 18.2 Å². The molecule has 0 aliphatic carbocycles. The summed E-state index contributed by atoms with van der Waals surface area (Å²) in [5.74, 6) is 0.639. The first-order valence-electron chi connectivity index (χ1n) is 5.44. The molecule has 1 atom stereocenters. The van der Waals surface area contributed by atoms with Crippen LogP contribution in [0.4, 0.5) is 0 Å². The Balaban J connectivity index is 2.34. The van der Waals surface area contributed by atoms with Crippen molar-refractivity contribution in [3.05, 3.63) is 28.2 Å². The van der Waals surface area contributed by atoms with Crippen LogP contribution in [0.2, 0.25) is 10.0 Å². The maximum absolute atomic E-state index is 5.96. The molecule has 0 aliphatic rings. The molecule has 0 fully saturated rings. The third-order valence-corrected chi connectivity index (χ3v) is 2.91. The second kappa shape index (κ2) is 7.00. The van der Waals surface area contributed by atoms with E-state index in [0.717, 1.165) is 13.0 Å². The number of ether oxygens (including phenoxy) is 1. The van der Waals surface area contributed by atoms with Gasteiger partial charge < -0.3 is 10.1 Å². The standard InChI is InChI=1S/C12H17Cl2NO/c1-3-9(2)15-6-7-16-12-8-10(13)4-5-11(12)14/h4-5,8-9,15H,3,6-7H2,1-2H3. The Kier molecular flexibility index (Phi) is 5.96. The quantitative estimate of drug-likeness (QED) is 0.788. The molecule has 0 spiro atoms. The Morgan fingerprint density at radius 3 is 2.81 bits per heavy atom. The van der Waals surface area contributed by atoms with Crippen molar-refractivity contribution in [2.75, 3.05) is 13.2 Å². The highest BCUT2D eigenvalue weighted by molar-refractivity contribution is 6.34. The fourth-order valence-corrected chi connectivity index (χ4v) is 1.53. The first kappa shape index (κ1) is 13.6. The van der Waals surface area contributed by atoms with Crippen LogP contribution in [0.1, 0.15) is 20.3 Å². The molecule has 1 N–H and O–H groups in total. The Morgan fingerprint density at radius 2 is 2.12 bits per heavy atom. The van der Waals surface area contributed by atoms with Gasteiger partial charge in [0, 0.05) is 23.7 Å². The zero-order valence-electron chi connectivity index (χ0n) is 9.59. The highest BCUT2D eigenvalue weighted by atomic mass is 35.5. The highest BCUT2D eigenvalue weighted by Crippen LogP contribution is 2.27. The normalized spacial score (nSPS) is 12.5. The van der Waals surface area contributed by atoms with Crippen LogP contribution < -0.4 is 10.1 Å². The largest absolute Gasteiger partial charge is 0.491 e. The Morgan fingerprint density at radius 1 is 1.38 bits per heavy atom. The molecule has 0 aromatic heterocycles. The minimum Gasteiger partial charge on any atom is -0.491 e. The molecule has 2 nitrogen and oxygen atoms in total. The molecule has 1 unspecified atom stereocenters. The SMILES string of the molecule is CCC(C)NCCOc1cc(Cl)ccc1Cl. The fourth-order valence-electron chi connectivity index (χ4n) is 1.20. The number of hydrogen-bond donors (Lipinski definition) is 1. The van der Waals surface area contributed by atoms with E-state index in [9.17, 15) is 0 Å². The van der Waals surface area contributed by atoms with E-state index in [-0.39, 0.29) is 0 Å². The monoisotopic (exact) mass is 261 g/mol. The summed E-state index contributed by atoms with van der Waals surface area (Å²) in [6, 6.07) is 5.72. The van der Waals surface area contributed by atoms with Crippen molar-refractivity contribution in [2.24, 2.45) is 0 Å². The second-order valence-corrected chi connectivity index (χ2v) is 4.53. The Bertz CT molecular complexity index is 331. The first-order valence-corrected chi connectivity index (χ1v) is 6.20. The van der Waals surface area contributed by atoms with Crippen LogP contribution in [-0.2, 0) is 0 Å². The zero-order valence-corrected chi connectivity index (χ0v) is 11.1. The lowest BCUT2D eigenvalue weighted by Crippen LogP contribution is -2.29. The molecule has 1 aromatic carbocycles. The van der Waals surface area contributed by atoms with E-state index in [1.54, 1.807) is 18.2 Å². The molecule has 0 saturated heterocycles. The van der Waals surface area contributed by atoms with Gasteiger partial charge in [0.15, 0.2) is 0 Å². The molecule has 0 amide bonds. The predicted molar refractivity (Wildman–Crippen MR) is 69.7 cm³/mol. The van der Waals surface area contributed by atoms with Crippen LogP contribution >= 0.6 is 23.2 Å². The van der Waals surface area contributed by atoms with Crippen LogP contribution in [0.25, 0.3) is 0 Å². The number of hydrogen-bond acceptors (Lipinski definition) is 2. The molecule has 0 radical (unpaired) electrons. The lowest BCUT2D eigenvalue weighted by molar-refractivity contribution is 0.306. The molecule has 0 aliphatic heterocycles. The summed E-state index contributed by atoms with van der Waals surface area (Å²) in [6.45, 7) is 5.68. The molecule has 0 saturated carbocycles. The van der Waals surface area contributed by atoms with Crippen molar-refractivity contribution >= 4 is 23.2 Å². The summed E-state index contributed by atoms with van der Waals surface area (Å²) < 4.78 is 5.53. The maximum atomic E-state index is 5.96. The molecule has 4 heteroatoms. The number of halogens is 2. The van der Waals surface area contributed by atoms with Crippen molar-refractivity contribution in [3.8, 4) is 5.75 Å². The van der Waals surface area contributed by atoms with Crippen LogP contribution in [0.5, 0.6) is 5.75 Å². The minimum atomic E-state index is 0.512. The average Bonchev–Trinajstić information content (AvgIpc) is 2.28. The smallest absolute Gasteiger partial charge is 0.139 e. The molecule has 16 heavy (non-hydrogen) atoms. The maximum Gasteiger partial charge on any atom is 0.139 e. The highest BCUT2D eigenvalue weighted by Gasteiger charge is 2.02.